The fourth-order valence-electron chi connectivity index (χ4n) is 4.48. The van der Waals surface area contributed by atoms with E-state index in [2.05, 4.69) is 51.7 Å². The molecule has 3 aliphatic heterocycles. The standard InChI is InChI=1S/C21H32N4O2.HI/c1-15-13-25(8-9-26-15)14-17-5-3-4-16(10-17)12-23-21(22-2)24-19-11-18-6-7-20(19)27-18;/h3-5,10,15,18-20H,6-9,11-14H2,1-2H3,(H2,22,23,24);1H. The lowest BCUT2D eigenvalue weighted by Gasteiger charge is -2.31. The molecule has 7 heteroatoms. The first-order valence-corrected chi connectivity index (χ1v) is 10.2. The van der Waals surface area contributed by atoms with Crippen molar-refractivity contribution in [2.75, 3.05) is 26.7 Å². The van der Waals surface area contributed by atoms with Crippen LogP contribution in [0.3, 0.4) is 0 Å². The highest BCUT2D eigenvalue weighted by molar-refractivity contribution is 14.0. The summed E-state index contributed by atoms with van der Waals surface area (Å²) in [5.74, 6) is 0.864. The molecule has 2 bridgehead atoms. The summed E-state index contributed by atoms with van der Waals surface area (Å²) in [6, 6.07) is 9.22. The monoisotopic (exact) mass is 500 g/mol. The first kappa shape index (κ1) is 21.8. The average molecular weight is 500 g/mol. The molecule has 4 unspecified atom stereocenters. The summed E-state index contributed by atoms with van der Waals surface area (Å²) in [4.78, 5) is 6.86. The summed E-state index contributed by atoms with van der Waals surface area (Å²) >= 11 is 0. The maximum atomic E-state index is 5.93. The molecule has 3 saturated heterocycles. The third-order valence-corrected chi connectivity index (χ3v) is 5.83. The summed E-state index contributed by atoms with van der Waals surface area (Å²) in [5.41, 5.74) is 2.63. The van der Waals surface area contributed by atoms with Crippen molar-refractivity contribution in [1.29, 1.82) is 0 Å². The lowest BCUT2D eigenvalue weighted by molar-refractivity contribution is -0.0212. The lowest BCUT2D eigenvalue weighted by atomic mass is 9.96. The van der Waals surface area contributed by atoms with E-state index in [0.717, 1.165) is 45.2 Å². The Hall–Kier alpha value is -0.900. The van der Waals surface area contributed by atoms with Crippen molar-refractivity contribution in [3.05, 3.63) is 35.4 Å². The Bertz CT molecular complexity index is 672. The van der Waals surface area contributed by atoms with Gasteiger partial charge in [0.25, 0.3) is 0 Å². The van der Waals surface area contributed by atoms with Gasteiger partial charge in [-0.05, 0) is 37.3 Å². The van der Waals surface area contributed by atoms with Gasteiger partial charge in [-0.15, -0.1) is 24.0 Å². The number of guanidine groups is 1. The highest BCUT2D eigenvalue weighted by atomic mass is 127. The molecule has 6 nitrogen and oxygen atoms in total. The molecule has 28 heavy (non-hydrogen) atoms. The molecule has 1 aromatic carbocycles. The summed E-state index contributed by atoms with van der Waals surface area (Å²) in [6.45, 7) is 6.74. The van der Waals surface area contributed by atoms with Gasteiger partial charge >= 0.3 is 0 Å². The highest BCUT2D eigenvalue weighted by Gasteiger charge is 2.41. The van der Waals surface area contributed by atoms with Crippen LogP contribution in [0.25, 0.3) is 0 Å². The van der Waals surface area contributed by atoms with Gasteiger partial charge in [-0.1, -0.05) is 24.3 Å². The van der Waals surface area contributed by atoms with Crippen molar-refractivity contribution in [2.24, 2.45) is 4.99 Å². The number of rotatable bonds is 5. The average Bonchev–Trinajstić information content (AvgIpc) is 3.28. The first-order chi connectivity index (χ1) is 13.2. The molecule has 0 aromatic heterocycles. The predicted molar refractivity (Wildman–Crippen MR) is 122 cm³/mol. The van der Waals surface area contributed by atoms with Gasteiger partial charge in [-0.3, -0.25) is 9.89 Å². The minimum absolute atomic E-state index is 0. The van der Waals surface area contributed by atoms with Crippen molar-refractivity contribution in [2.45, 2.75) is 63.6 Å². The summed E-state index contributed by atoms with van der Waals surface area (Å²) in [7, 11) is 1.83. The maximum Gasteiger partial charge on any atom is 0.191 e. The predicted octanol–water partition coefficient (Wildman–Crippen LogP) is 2.51. The van der Waals surface area contributed by atoms with E-state index in [1.54, 1.807) is 0 Å². The largest absolute Gasteiger partial charge is 0.376 e. The molecule has 3 aliphatic rings. The number of hydrogen-bond donors (Lipinski definition) is 2. The smallest absolute Gasteiger partial charge is 0.191 e. The Morgan fingerprint density at radius 3 is 2.86 bits per heavy atom. The number of halogens is 1. The van der Waals surface area contributed by atoms with Crippen LogP contribution >= 0.6 is 24.0 Å². The van der Waals surface area contributed by atoms with Crippen molar-refractivity contribution in [1.82, 2.24) is 15.5 Å². The third kappa shape index (κ3) is 5.58. The van der Waals surface area contributed by atoms with Crippen LogP contribution in [0.4, 0.5) is 0 Å². The molecule has 2 N–H and O–H groups in total. The molecular weight excluding hydrogens is 467 g/mol. The molecule has 3 fully saturated rings. The number of benzene rings is 1. The van der Waals surface area contributed by atoms with Crippen molar-refractivity contribution in [3.8, 4) is 0 Å². The van der Waals surface area contributed by atoms with E-state index in [-0.39, 0.29) is 24.0 Å². The Morgan fingerprint density at radius 1 is 1.29 bits per heavy atom. The minimum Gasteiger partial charge on any atom is -0.376 e. The third-order valence-electron chi connectivity index (χ3n) is 5.83. The highest BCUT2D eigenvalue weighted by Crippen LogP contribution is 2.34. The zero-order chi connectivity index (χ0) is 18.6. The van der Waals surface area contributed by atoms with E-state index < -0.39 is 0 Å². The van der Waals surface area contributed by atoms with Crippen LogP contribution in [0.2, 0.25) is 0 Å². The van der Waals surface area contributed by atoms with Gasteiger partial charge in [0.1, 0.15) is 0 Å². The van der Waals surface area contributed by atoms with E-state index in [1.165, 1.54) is 24.0 Å². The number of ether oxygens (including phenoxy) is 2. The molecule has 156 valence electrons. The lowest BCUT2D eigenvalue weighted by Crippen LogP contribution is -2.47. The number of nitrogens with one attached hydrogen (secondary N) is 2. The van der Waals surface area contributed by atoms with Crippen LogP contribution in [-0.4, -0.2) is 62.0 Å². The first-order valence-electron chi connectivity index (χ1n) is 10.2. The van der Waals surface area contributed by atoms with Crippen LogP contribution in [0.1, 0.15) is 37.3 Å². The molecule has 0 spiro atoms. The summed E-state index contributed by atoms with van der Waals surface area (Å²) in [5, 5.41) is 7.00. The second-order valence-electron chi connectivity index (χ2n) is 8.02. The molecule has 0 amide bonds. The van der Waals surface area contributed by atoms with Gasteiger partial charge in [-0.2, -0.15) is 0 Å². The number of fused-ring (bicyclic) bond motifs is 2. The Labute approximate surface area is 185 Å². The molecular formula is C21H33IN4O2. The van der Waals surface area contributed by atoms with Crippen molar-refractivity contribution >= 4 is 29.9 Å². The van der Waals surface area contributed by atoms with Crippen molar-refractivity contribution < 1.29 is 9.47 Å². The van der Waals surface area contributed by atoms with Gasteiger partial charge in [-0.25, -0.2) is 0 Å². The molecule has 4 atom stereocenters. The van der Waals surface area contributed by atoms with Crippen LogP contribution in [0, 0.1) is 0 Å². The molecule has 0 saturated carbocycles. The molecule has 0 aliphatic carbocycles. The van der Waals surface area contributed by atoms with Gasteiger partial charge in [0.05, 0.1) is 31.0 Å². The Balaban J connectivity index is 0.00000225. The van der Waals surface area contributed by atoms with E-state index >= 15 is 0 Å². The number of nitrogens with zero attached hydrogens (tertiary/aromatic N) is 2. The zero-order valence-electron chi connectivity index (χ0n) is 16.9. The van der Waals surface area contributed by atoms with Crippen molar-refractivity contribution in [3.63, 3.8) is 0 Å². The number of aliphatic imine (C=N–C) groups is 1. The number of morpholine rings is 1. The second kappa shape index (κ2) is 10.2. The van der Waals surface area contributed by atoms with Gasteiger partial charge in [0.15, 0.2) is 5.96 Å². The topological polar surface area (TPSA) is 58.1 Å². The fraction of sp³-hybridized carbons (Fsp3) is 0.667. The van der Waals surface area contributed by atoms with Gasteiger partial charge in [0, 0.05) is 33.2 Å². The van der Waals surface area contributed by atoms with E-state index in [9.17, 15) is 0 Å². The second-order valence-corrected chi connectivity index (χ2v) is 8.02. The van der Waals surface area contributed by atoms with Crippen LogP contribution < -0.4 is 10.6 Å². The molecule has 3 heterocycles. The van der Waals surface area contributed by atoms with E-state index in [0.29, 0.717) is 24.4 Å². The van der Waals surface area contributed by atoms with Gasteiger partial charge < -0.3 is 20.1 Å². The maximum absolute atomic E-state index is 5.93. The minimum atomic E-state index is 0. The molecule has 0 radical (unpaired) electrons. The Morgan fingerprint density at radius 2 is 2.14 bits per heavy atom. The zero-order valence-corrected chi connectivity index (χ0v) is 19.2. The van der Waals surface area contributed by atoms with Gasteiger partial charge in [0.2, 0.25) is 0 Å². The van der Waals surface area contributed by atoms with Crippen LogP contribution in [0.5, 0.6) is 0 Å². The van der Waals surface area contributed by atoms with Crippen LogP contribution in [-0.2, 0) is 22.6 Å². The molecule has 4 rings (SSSR count). The SMILES string of the molecule is CN=C(NCc1cccc(CN2CCOC(C)C2)c1)NC1CC2CCC1O2.I. The van der Waals surface area contributed by atoms with E-state index in [4.69, 9.17) is 9.47 Å². The number of hydrogen-bond acceptors (Lipinski definition) is 4. The van der Waals surface area contributed by atoms with Crippen LogP contribution in [0.15, 0.2) is 29.3 Å². The fourth-order valence-corrected chi connectivity index (χ4v) is 4.48. The molecule has 1 aromatic rings. The normalized spacial score (nSPS) is 30.1. The summed E-state index contributed by atoms with van der Waals surface area (Å²) in [6.07, 6.45) is 4.61. The van der Waals surface area contributed by atoms with E-state index in [1.807, 2.05) is 7.05 Å². The summed E-state index contributed by atoms with van der Waals surface area (Å²) < 4.78 is 11.6. The quantitative estimate of drug-likeness (QED) is 0.370. The Kier molecular flexibility index (Phi) is 7.96.